The van der Waals surface area contributed by atoms with Crippen LogP contribution in [0.2, 0.25) is 0 Å². The zero-order valence-electron chi connectivity index (χ0n) is 45.5. The highest BCUT2D eigenvalue weighted by atomic mass is 16.6. The molecule has 0 radical (unpaired) electrons. The van der Waals surface area contributed by atoms with E-state index in [-0.39, 0.29) is 31.1 Å². The van der Waals surface area contributed by atoms with Crippen LogP contribution in [0.4, 0.5) is 0 Å². The molecule has 0 N–H and O–H groups in total. The van der Waals surface area contributed by atoms with Crippen molar-refractivity contribution in [1.29, 1.82) is 0 Å². The van der Waals surface area contributed by atoms with Gasteiger partial charge in [-0.2, -0.15) is 0 Å². The van der Waals surface area contributed by atoms with Crippen LogP contribution < -0.4 is 0 Å². The second kappa shape index (κ2) is 57.6. The lowest BCUT2D eigenvalue weighted by Crippen LogP contribution is -2.30. The first-order valence-corrected chi connectivity index (χ1v) is 29.0. The molecule has 6 nitrogen and oxygen atoms in total. The van der Waals surface area contributed by atoms with Crippen molar-refractivity contribution < 1.29 is 28.6 Å². The summed E-state index contributed by atoms with van der Waals surface area (Å²) in [4.78, 5) is 38.2. The molecule has 398 valence electrons. The fraction of sp³-hybridized carbons (Fsp3) is 0.672. The van der Waals surface area contributed by atoms with Crippen molar-refractivity contribution in [2.24, 2.45) is 0 Å². The molecule has 0 heterocycles. The van der Waals surface area contributed by atoms with Gasteiger partial charge in [-0.15, -0.1) is 0 Å². The summed E-state index contributed by atoms with van der Waals surface area (Å²) in [6.45, 7) is 6.42. The van der Waals surface area contributed by atoms with E-state index in [0.29, 0.717) is 19.3 Å². The van der Waals surface area contributed by atoms with Crippen molar-refractivity contribution in [1.82, 2.24) is 0 Å². The molecule has 0 spiro atoms. The van der Waals surface area contributed by atoms with E-state index in [0.717, 1.165) is 109 Å². The van der Waals surface area contributed by atoms with Gasteiger partial charge in [-0.25, -0.2) is 0 Å². The number of carbonyl (C=O) groups excluding carboxylic acids is 3. The van der Waals surface area contributed by atoms with E-state index in [9.17, 15) is 14.4 Å². The molecule has 6 heteroatoms. The maximum absolute atomic E-state index is 12.9. The van der Waals surface area contributed by atoms with Crippen molar-refractivity contribution in [3.63, 3.8) is 0 Å². The summed E-state index contributed by atoms with van der Waals surface area (Å²) in [7, 11) is 0. The molecule has 0 aromatic heterocycles. The van der Waals surface area contributed by atoms with Gasteiger partial charge >= 0.3 is 17.9 Å². The normalized spacial score (nSPS) is 12.9. The third kappa shape index (κ3) is 55.0. The average Bonchev–Trinajstić information content (AvgIpc) is 3.36. The van der Waals surface area contributed by atoms with Crippen LogP contribution in [0.25, 0.3) is 0 Å². The molecule has 0 aromatic rings. The van der Waals surface area contributed by atoms with Crippen LogP contribution in [-0.4, -0.2) is 37.2 Å². The predicted octanol–water partition coefficient (Wildman–Crippen LogP) is 19.5. The van der Waals surface area contributed by atoms with Crippen molar-refractivity contribution in [2.45, 2.75) is 264 Å². The van der Waals surface area contributed by atoms with Gasteiger partial charge < -0.3 is 14.2 Å². The second-order valence-corrected chi connectivity index (χ2v) is 19.0. The number of rotatable bonds is 51. The SMILES string of the molecule is CC\C=C/C=C\C=C/C=C\CCCCCCCC(=O)OCC(COC(=O)CCCCCCCCCCCC/C=C\C=C/CCCCC)OC(=O)CCCCCCC\C=C/C=C\C=C/CCCCCCC. The highest BCUT2D eigenvalue weighted by Gasteiger charge is 2.19. The Balaban J connectivity index is 4.47. The number of unbranched alkanes of at least 4 members (excludes halogenated alkanes) is 28. The van der Waals surface area contributed by atoms with Gasteiger partial charge in [0.2, 0.25) is 0 Å². The number of esters is 3. The summed E-state index contributed by atoms with van der Waals surface area (Å²) in [5.74, 6) is -0.943. The van der Waals surface area contributed by atoms with E-state index in [2.05, 4.69) is 112 Å². The third-order valence-corrected chi connectivity index (χ3v) is 12.2. The smallest absolute Gasteiger partial charge is 0.306 e. The zero-order valence-corrected chi connectivity index (χ0v) is 45.5. The fourth-order valence-corrected chi connectivity index (χ4v) is 7.80. The summed E-state index contributed by atoms with van der Waals surface area (Å²) in [6, 6.07) is 0. The standard InChI is InChI=1S/C64H106O6/c1-4-7-10-13-16-19-22-25-28-30-32-34-36-39-42-45-48-51-54-57-63(66)69-60-61(59-68-62(65)56-53-50-47-44-41-38-35-27-24-21-18-15-12-9-6-3)70-64(67)58-55-52-49-46-43-40-37-33-31-29-26-23-20-17-14-11-8-5-2/h9,12,15-16,18-19,21-27,29,31,33,35,37,61H,4-8,10-11,13-14,17,20,28,30,32,34,36,38-60H2,1-3H3/b12-9-,18-15-,19-16-,24-21-,25-22-,26-23-,31-29-,35-27-,37-33-. The van der Waals surface area contributed by atoms with Crippen LogP contribution >= 0.6 is 0 Å². The lowest BCUT2D eigenvalue weighted by molar-refractivity contribution is -0.167. The molecule has 1 atom stereocenters. The number of hydrogen-bond acceptors (Lipinski definition) is 6. The molecule has 0 rings (SSSR count). The lowest BCUT2D eigenvalue weighted by Gasteiger charge is -2.18. The van der Waals surface area contributed by atoms with Crippen LogP contribution in [0, 0.1) is 0 Å². The van der Waals surface area contributed by atoms with Gasteiger partial charge in [-0.3, -0.25) is 14.4 Å². The fourth-order valence-electron chi connectivity index (χ4n) is 7.80. The Hall–Kier alpha value is -3.93. The van der Waals surface area contributed by atoms with E-state index in [1.54, 1.807) is 0 Å². The maximum Gasteiger partial charge on any atom is 0.306 e. The molecule has 70 heavy (non-hydrogen) atoms. The summed E-state index contributed by atoms with van der Waals surface area (Å²) >= 11 is 0. The minimum absolute atomic E-state index is 0.0975. The first kappa shape index (κ1) is 66.1. The molecule has 0 amide bonds. The molecule has 0 saturated carbocycles. The second-order valence-electron chi connectivity index (χ2n) is 19.0. The van der Waals surface area contributed by atoms with E-state index in [4.69, 9.17) is 14.2 Å². The molecule has 0 aliphatic carbocycles. The number of allylic oxidation sites excluding steroid dienone is 18. The van der Waals surface area contributed by atoms with E-state index < -0.39 is 6.10 Å². The Morgan fingerprint density at radius 3 is 0.914 bits per heavy atom. The van der Waals surface area contributed by atoms with Gasteiger partial charge in [0.25, 0.3) is 0 Å². The van der Waals surface area contributed by atoms with Crippen molar-refractivity contribution >= 4 is 17.9 Å². The van der Waals surface area contributed by atoms with Crippen molar-refractivity contribution in [2.75, 3.05) is 13.2 Å². The molecule has 0 aromatic carbocycles. The van der Waals surface area contributed by atoms with Crippen LogP contribution in [0.15, 0.2) is 109 Å². The van der Waals surface area contributed by atoms with E-state index in [1.807, 2.05) is 18.2 Å². The first-order valence-electron chi connectivity index (χ1n) is 29.0. The molecule has 0 fully saturated rings. The highest BCUT2D eigenvalue weighted by Crippen LogP contribution is 2.15. The van der Waals surface area contributed by atoms with Crippen LogP contribution in [0.3, 0.4) is 0 Å². The van der Waals surface area contributed by atoms with Gasteiger partial charge in [0, 0.05) is 19.3 Å². The first-order chi connectivity index (χ1) is 34.5. The summed E-state index contributed by atoms with van der Waals surface area (Å²) in [5.41, 5.74) is 0. The van der Waals surface area contributed by atoms with E-state index in [1.165, 1.54) is 109 Å². The van der Waals surface area contributed by atoms with E-state index >= 15 is 0 Å². The Kier molecular flexibility index (Phi) is 54.4. The minimum Gasteiger partial charge on any atom is -0.462 e. The number of hydrogen-bond donors (Lipinski definition) is 0. The monoisotopic (exact) mass is 971 g/mol. The highest BCUT2D eigenvalue weighted by molar-refractivity contribution is 5.71. The Bertz CT molecular complexity index is 1440. The van der Waals surface area contributed by atoms with Crippen LogP contribution in [-0.2, 0) is 28.6 Å². The molecule has 1 unspecified atom stereocenters. The van der Waals surface area contributed by atoms with Gasteiger partial charge in [0.15, 0.2) is 6.10 Å². The maximum atomic E-state index is 12.9. The van der Waals surface area contributed by atoms with Crippen LogP contribution in [0.1, 0.15) is 258 Å². The van der Waals surface area contributed by atoms with Crippen LogP contribution in [0.5, 0.6) is 0 Å². The molecular formula is C64H106O6. The Labute approximate surface area is 431 Å². The zero-order chi connectivity index (χ0) is 50.7. The summed E-state index contributed by atoms with van der Waals surface area (Å²) in [6.07, 6.45) is 77.8. The molecular weight excluding hydrogens is 865 g/mol. The number of ether oxygens (including phenoxy) is 3. The minimum atomic E-state index is -0.803. The third-order valence-electron chi connectivity index (χ3n) is 12.2. The lowest BCUT2D eigenvalue weighted by atomic mass is 10.1. The molecule has 0 saturated heterocycles. The number of carbonyl (C=O) groups is 3. The summed E-state index contributed by atoms with van der Waals surface area (Å²) in [5, 5.41) is 0. The molecule has 0 aliphatic heterocycles. The van der Waals surface area contributed by atoms with Crippen molar-refractivity contribution in [3.05, 3.63) is 109 Å². The molecule has 0 aliphatic rings. The average molecular weight is 972 g/mol. The molecule has 0 bridgehead atoms. The quantitative estimate of drug-likeness (QED) is 0.0262. The van der Waals surface area contributed by atoms with Gasteiger partial charge in [0.05, 0.1) is 0 Å². The Morgan fingerprint density at radius 2 is 0.557 bits per heavy atom. The largest absolute Gasteiger partial charge is 0.462 e. The predicted molar refractivity (Wildman–Crippen MR) is 302 cm³/mol. The van der Waals surface area contributed by atoms with Crippen molar-refractivity contribution in [3.8, 4) is 0 Å². The topological polar surface area (TPSA) is 78.9 Å². The Morgan fingerprint density at radius 1 is 0.300 bits per heavy atom. The van der Waals surface area contributed by atoms with Gasteiger partial charge in [-0.1, -0.05) is 259 Å². The van der Waals surface area contributed by atoms with Gasteiger partial charge in [-0.05, 0) is 89.9 Å². The summed E-state index contributed by atoms with van der Waals surface area (Å²) < 4.78 is 16.8. The van der Waals surface area contributed by atoms with Gasteiger partial charge in [0.1, 0.15) is 13.2 Å².